The summed E-state index contributed by atoms with van der Waals surface area (Å²) in [4.78, 5) is 36.0. The van der Waals surface area contributed by atoms with E-state index in [9.17, 15) is 9.59 Å². The third-order valence-electron chi connectivity index (χ3n) is 5.68. The summed E-state index contributed by atoms with van der Waals surface area (Å²) < 4.78 is 5.32. The van der Waals surface area contributed by atoms with Crippen molar-refractivity contribution in [2.75, 3.05) is 23.3 Å². The van der Waals surface area contributed by atoms with Crippen molar-refractivity contribution >= 4 is 28.4 Å². The monoisotopic (exact) mass is 390 g/mol. The SMILES string of the molecule is O=C(Nc1cc2ccccc2oc1=O)[C@H]1CCCN(c2cc(C3CC3)ncn2)C1. The normalized spacial score (nSPS) is 19.3. The van der Waals surface area contributed by atoms with Gasteiger partial charge in [0.05, 0.1) is 5.92 Å². The Morgan fingerprint density at radius 1 is 1.14 bits per heavy atom. The Morgan fingerprint density at radius 3 is 2.86 bits per heavy atom. The van der Waals surface area contributed by atoms with Crippen LogP contribution in [-0.4, -0.2) is 29.0 Å². The molecule has 0 unspecified atom stereocenters. The van der Waals surface area contributed by atoms with E-state index < -0.39 is 5.63 Å². The van der Waals surface area contributed by atoms with Gasteiger partial charge in [-0.05, 0) is 37.8 Å². The van der Waals surface area contributed by atoms with Crippen LogP contribution in [0.5, 0.6) is 0 Å². The molecule has 0 radical (unpaired) electrons. The largest absolute Gasteiger partial charge is 0.421 e. The van der Waals surface area contributed by atoms with Crippen molar-refractivity contribution in [3.63, 3.8) is 0 Å². The van der Waals surface area contributed by atoms with Crippen LogP contribution in [0.4, 0.5) is 11.5 Å². The van der Waals surface area contributed by atoms with Crippen LogP contribution in [0.1, 0.15) is 37.3 Å². The van der Waals surface area contributed by atoms with Gasteiger partial charge in [-0.1, -0.05) is 18.2 Å². The van der Waals surface area contributed by atoms with Crippen LogP contribution >= 0.6 is 0 Å². The smallest absolute Gasteiger partial charge is 0.360 e. The number of benzene rings is 1. The van der Waals surface area contributed by atoms with Crippen LogP contribution < -0.4 is 15.8 Å². The number of fused-ring (bicyclic) bond motifs is 1. The fourth-order valence-electron chi connectivity index (χ4n) is 3.92. The lowest BCUT2D eigenvalue weighted by molar-refractivity contribution is -0.120. The van der Waals surface area contributed by atoms with Gasteiger partial charge in [-0.25, -0.2) is 14.8 Å². The molecule has 2 aliphatic rings. The average molecular weight is 390 g/mol. The van der Waals surface area contributed by atoms with E-state index in [2.05, 4.69) is 26.3 Å². The topological polar surface area (TPSA) is 88.3 Å². The first kappa shape index (κ1) is 17.8. The minimum absolute atomic E-state index is 0.159. The molecule has 1 atom stereocenters. The number of rotatable bonds is 4. The molecule has 0 spiro atoms. The van der Waals surface area contributed by atoms with E-state index in [0.717, 1.165) is 36.3 Å². The van der Waals surface area contributed by atoms with Crippen molar-refractivity contribution in [1.82, 2.24) is 9.97 Å². The molecule has 1 aliphatic heterocycles. The van der Waals surface area contributed by atoms with Gasteiger partial charge in [-0.15, -0.1) is 0 Å². The summed E-state index contributed by atoms with van der Waals surface area (Å²) in [5.74, 6) is 1.07. The zero-order chi connectivity index (χ0) is 19.8. The number of nitrogens with one attached hydrogen (secondary N) is 1. The molecule has 7 nitrogen and oxygen atoms in total. The van der Waals surface area contributed by atoms with Crippen molar-refractivity contribution in [3.8, 4) is 0 Å². The van der Waals surface area contributed by atoms with E-state index >= 15 is 0 Å². The lowest BCUT2D eigenvalue weighted by Crippen LogP contribution is -2.41. The molecule has 3 aromatic rings. The second kappa shape index (κ2) is 7.31. The Labute approximate surface area is 167 Å². The lowest BCUT2D eigenvalue weighted by atomic mass is 9.97. The molecule has 0 bridgehead atoms. The highest BCUT2D eigenvalue weighted by Gasteiger charge is 2.29. The Hall–Kier alpha value is -3.22. The highest BCUT2D eigenvalue weighted by molar-refractivity contribution is 5.94. The van der Waals surface area contributed by atoms with Crippen molar-refractivity contribution in [3.05, 3.63) is 58.8 Å². The van der Waals surface area contributed by atoms with Crippen LogP contribution in [0.3, 0.4) is 0 Å². The second-order valence-corrected chi connectivity index (χ2v) is 7.84. The summed E-state index contributed by atoms with van der Waals surface area (Å²) in [6.45, 7) is 1.44. The van der Waals surface area contributed by atoms with E-state index in [-0.39, 0.29) is 17.5 Å². The molecule has 2 fully saturated rings. The van der Waals surface area contributed by atoms with E-state index in [1.165, 1.54) is 12.8 Å². The van der Waals surface area contributed by atoms with E-state index in [1.54, 1.807) is 18.5 Å². The average Bonchev–Trinajstić information content (AvgIpc) is 3.60. The summed E-state index contributed by atoms with van der Waals surface area (Å²) in [6, 6.07) is 11.0. The number of amides is 1. The lowest BCUT2D eigenvalue weighted by Gasteiger charge is -2.32. The van der Waals surface area contributed by atoms with Gasteiger partial charge in [0.1, 0.15) is 23.4 Å². The number of carbonyl (C=O) groups is 1. The van der Waals surface area contributed by atoms with Crippen LogP contribution in [-0.2, 0) is 4.79 Å². The molecule has 3 heterocycles. The third kappa shape index (κ3) is 3.72. The number of anilines is 2. The molecule has 1 saturated heterocycles. The van der Waals surface area contributed by atoms with Gasteiger partial charge < -0.3 is 14.6 Å². The first-order chi connectivity index (χ1) is 14.2. The van der Waals surface area contributed by atoms with Crippen LogP contribution in [0.15, 0.2) is 51.9 Å². The fourth-order valence-corrected chi connectivity index (χ4v) is 3.92. The van der Waals surface area contributed by atoms with E-state index in [4.69, 9.17) is 4.42 Å². The van der Waals surface area contributed by atoms with Gasteiger partial charge in [-0.3, -0.25) is 4.79 Å². The summed E-state index contributed by atoms with van der Waals surface area (Å²) in [5.41, 5.74) is 1.25. The number of para-hydroxylation sites is 1. The quantitative estimate of drug-likeness (QED) is 0.688. The molecular formula is C22H22N4O3. The highest BCUT2D eigenvalue weighted by Crippen LogP contribution is 2.39. The summed E-state index contributed by atoms with van der Waals surface area (Å²) in [6.07, 6.45) is 5.67. The fraction of sp³-hybridized carbons (Fsp3) is 0.364. The molecule has 1 N–H and O–H groups in total. The molecule has 7 heteroatoms. The molecular weight excluding hydrogens is 368 g/mol. The molecule has 1 aliphatic carbocycles. The zero-order valence-electron chi connectivity index (χ0n) is 16.0. The van der Waals surface area contributed by atoms with Crippen LogP contribution in [0.2, 0.25) is 0 Å². The maximum Gasteiger partial charge on any atom is 0.360 e. The molecule has 1 amide bonds. The molecule has 1 aromatic carbocycles. The summed E-state index contributed by atoms with van der Waals surface area (Å²) >= 11 is 0. The van der Waals surface area contributed by atoms with Gasteiger partial charge in [0.25, 0.3) is 0 Å². The molecule has 2 aromatic heterocycles. The van der Waals surface area contributed by atoms with Crippen molar-refractivity contribution in [2.45, 2.75) is 31.6 Å². The molecule has 5 rings (SSSR count). The molecule has 1 saturated carbocycles. The van der Waals surface area contributed by atoms with Gasteiger partial charge >= 0.3 is 5.63 Å². The standard InChI is InChI=1S/C22H22N4O3/c27-21(25-18-10-15-4-1-2-6-19(15)29-22(18)28)16-5-3-9-26(12-16)20-11-17(14-7-8-14)23-13-24-20/h1-2,4,6,10-11,13-14,16H,3,5,7-9,12H2,(H,25,27)/t16-/m0/s1. The first-order valence-electron chi connectivity index (χ1n) is 10.1. The Bertz CT molecular complexity index is 1120. The van der Waals surface area contributed by atoms with Gasteiger partial charge in [0.2, 0.25) is 5.91 Å². The van der Waals surface area contributed by atoms with Gasteiger partial charge in [-0.2, -0.15) is 0 Å². The number of nitrogens with zero attached hydrogens (tertiary/aromatic N) is 3. The number of hydrogen-bond donors (Lipinski definition) is 1. The molecule has 29 heavy (non-hydrogen) atoms. The predicted octanol–water partition coefficient (Wildman–Crippen LogP) is 3.32. The maximum absolute atomic E-state index is 12.9. The van der Waals surface area contributed by atoms with Gasteiger partial charge in [0, 0.05) is 36.2 Å². The van der Waals surface area contributed by atoms with E-state index in [0.29, 0.717) is 18.0 Å². The second-order valence-electron chi connectivity index (χ2n) is 7.84. The number of aromatic nitrogens is 2. The minimum atomic E-state index is -0.533. The van der Waals surface area contributed by atoms with Gasteiger partial charge in [0.15, 0.2) is 0 Å². The highest BCUT2D eigenvalue weighted by atomic mass is 16.4. The van der Waals surface area contributed by atoms with Crippen molar-refractivity contribution in [1.29, 1.82) is 0 Å². The van der Waals surface area contributed by atoms with Crippen LogP contribution in [0, 0.1) is 5.92 Å². The number of piperidine rings is 1. The Morgan fingerprint density at radius 2 is 2.00 bits per heavy atom. The third-order valence-corrected chi connectivity index (χ3v) is 5.68. The summed E-state index contributed by atoms with van der Waals surface area (Å²) in [5, 5.41) is 3.56. The van der Waals surface area contributed by atoms with Crippen molar-refractivity contribution < 1.29 is 9.21 Å². The Balaban J connectivity index is 1.32. The first-order valence-corrected chi connectivity index (χ1v) is 10.1. The molecule has 148 valence electrons. The minimum Gasteiger partial charge on any atom is -0.421 e. The summed E-state index contributed by atoms with van der Waals surface area (Å²) in [7, 11) is 0. The van der Waals surface area contributed by atoms with E-state index in [1.807, 2.05) is 18.2 Å². The Kier molecular flexibility index (Phi) is 4.50. The number of hydrogen-bond acceptors (Lipinski definition) is 6. The van der Waals surface area contributed by atoms with Crippen LogP contribution in [0.25, 0.3) is 11.0 Å². The predicted molar refractivity (Wildman–Crippen MR) is 110 cm³/mol. The number of carbonyl (C=O) groups excluding carboxylic acids is 1. The van der Waals surface area contributed by atoms with Crippen molar-refractivity contribution in [2.24, 2.45) is 5.92 Å². The maximum atomic E-state index is 12.9. The zero-order valence-corrected chi connectivity index (χ0v) is 16.0.